The lowest BCUT2D eigenvalue weighted by Gasteiger charge is -2.17. The summed E-state index contributed by atoms with van der Waals surface area (Å²) in [5.41, 5.74) is -1.56. The number of nitrogens with one attached hydrogen (secondary N) is 1. The number of carboxylic acids is 1. The largest absolute Gasteiger partial charge is 0.480 e. The maximum atomic E-state index is 11.6. The number of carbonyl (C=O) groups is 2. The van der Waals surface area contributed by atoms with E-state index in [4.69, 9.17) is 14.9 Å². The predicted molar refractivity (Wildman–Crippen MR) is 61.9 cm³/mol. The van der Waals surface area contributed by atoms with Crippen molar-refractivity contribution in [3.8, 4) is 0 Å². The molecule has 7 nitrogen and oxygen atoms in total. The molecule has 8 heteroatoms. The van der Waals surface area contributed by atoms with E-state index in [9.17, 15) is 14.2 Å². The molecule has 1 amide bonds. The van der Waals surface area contributed by atoms with Crippen LogP contribution in [0.2, 0.25) is 0 Å². The van der Waals surface area contributed by atoms with Crippen LogP contribution in [0.3, 0.4) is 0 Å². The molecule has 0 saturated carbocycles. The van der Waals surface area contributed by atoms with Crippen LogP contribution in [0.5, 0.6) is 0 Å². The Balaban J connectivity index is 2.97. The van der Waals surface area contributed by atoms with E-state index in [1.165, 1.54) is 24.3 Å². The number of benzene rings is 1. The summed E-state index contributed by atoms with van der Waals surface area (Å²) in [7, 11) is -4.72. The summed E-state index contributed by atoms with van der Waals surface area (Å²) in [5.74, 6) is -2.31. The van der Waals surface area contributed by atoms with E-state index in [1.54, 1.807) is 6.07 Å². The van der Waals surface area contributed by atoms with Gasteiger partial charge >= 0.3 is 13.6 Å². The Labute approximate surface area is 103 Å². The van der Waals surface area contributed by atoms with Crippen molar-refractivity contribution in [1.82, 2.24) is 5.32 Å². The summed E-state index contributed by atoms with van der Waals surface area (Å²) in [6.45, 7) is -0.692. The number of hydrogen-bond donors (Lipinski definition) is 4. The second-order valence-electron chi connectivity index (χ2n) is 3.51. The van der Waals surface area contributed by atoms with Crippen LogP contribution in [0.25, 0.3) is 0 Å². The molecule has 1 unspecified atom stereocenters. The summed E-state index contributed by atoms with van der Waals surface area (Å²) < 4.78 is 11.3. The minimum atomic E-state index is -4.72. The van der Waals surface area contributed by atoms with E-state index in [-0.39, 0.29) is 5.56 Å². The Morgan fingerprint density at radius 3 is 2.22 bits per heavy atom. The Kier molecular flexibility index (Phi) is 4.61. The number of aliphatic carboxylic acids is 1. The SMILES string of the molecule is O=C(O)CNC(=O)C(c1ccccc1)P(=O)(O)O. The van der Waals surface area contributed by atoms with Crippen molar-refractivity contribution >= 4 is 19.5 Å². The second kappa shape index (κ2) is 5.77. The quantitative estimate of drug-likeness (QED) is 0.564. The first-order chi connectivity index (χ1) is 8.32. The van der Waals surface area contributed by atoms with Crippen molar-refractivity contribution in [3.05, 3.63) is 35.9 Å². The number of carbonyl (C=O) groups excluding carboxylic acids is 1. The fraction of sp³-hybridized carbons (Fsp3) is 0.200. The van der Waals surface area contributed by atoms with Crippen molar-refractivity contribution in [2.24, 2.45) is 0 Å². The van der Waals surface area contributed by atoms with Gasteiger partial charge in [0.25, 0.3) is 0 Å². The molecule has 1 aromatic rings. The summed E-state index contributed by atoms with van der Waals surface area (Å²) in [6.07, 6.45) is 0. The van der Waals surface area contributed by atoms with E-state index in [2.05, 4.69) is 0 Å². The van der Waals surface area contributed by atoms with E-state index in [0.717, 1.165) is 0 Å². The lowest BCUT2D eigenvalue weighted by molar-refractivity contribution is -0.138. The molecular weight excluding hydrogens is 261 g/mol. The lowest BCUT2D eigenvalue weighted by atomic mass is 10.1. The zero-order valence-corrected chi connectivity index (χ0v) is 10.1. The monoisotopic (exact) mass is 273 g/mol. The van der Waals surface area contributed by atoms with Gasteiger partial charge < -0.3 is 20.2 Å². The van der Waals surface area contributed by atoms with Gasteiger partial charge in [-0.25, -0.2) is 0 Å². The van der Waals surface area contributed by atoms with Crippen LogP contribution in [-0.4, -0.2) is 33.3 Å². The van der Waals surface area contributed by atoms with Crippen LogP contribution in [0.1, 0.15) is 11.2 Å². The minimum absolute atomic E-state index is 0.133. The van der Waals surface area contributed by atoms with Gasteiger partial charge in [0.1, 0.15) is 6.54 Å². The third kappa shape index (κ3) is 3.96. The van der Waals surface area contributed by atoms with Gasteiger partial charge in [-0.05, 0) is 5.56 Å². The zero-order chi connectivity index (χ0) is 13.8. The molecule has 0 fully saturated rings. The lowest BCUT2D eigenvalue weighted by Crippen LogP contribution is -2.33. The topological polar surface area (TPSA) is 124 Å². The van der Waals surface area contributed by atoms with Crippen LogP contribution < -0.4 is 5.32 Å². The second-order valence-corrected chi connectivity index (χ2v) is 5.21. The Hall–Kier alpha value is -1.69. The molecule has 0 spiro atoms. The number of rotatable bonds is 5. The number of carboxylic acid groups (broad SMARTS) is 1. The molecule has 18 heavy (non-hydrogen) atoms. The smallest absolute Gasteiger partial charge is 0.342 e. The first-order valence-corrected chi connectivity index (χ1v) is 6.60. The molecule has 0 heterocycles. The first-order valence-electron chi connectivity index (χ1n) is 4.92. The predicted octanol–water partition coefficient (Wildman–Crippen LogP) is 0.106. The fourth-order valence-electron chi connectivity index (χ4n) is 1.39. The van der Waals surface area contributed by atoms with Crippen molar-refractivity contribution in [2.75, 3.05) is 6.54 Å². The highest BCUT2D eigenvalue weighted by atomic mass is 31.2. The van der Waals surface area contributed by atoms with Crippen LogP contribution in [0.15, 0.2) is 30.3 Å². The maximum Gasteiger partial charge on any atom is 0.342 e. The summed E-state index contributed by atoms with van der Waals surface area (Å²) in [4.78, 5) is 40.3. The van der Waals surface area contributed by atoms with Crippen LogP contribution in [0, 0.1) is 0 Å². The molecule has 1 atom stereocenters. The first kappa shape index (κ1) is 14.4. The zero-order valence-electron chi connectivity index (χ0n) is 9.18. The Morgan fingerprint density at radius 1 is 1.22 bits per heavy atom. The highest BCUT2D eigenvalue weighted by molar-refractivity contribution is 7.53. The van der Waals surface area contributed by atoms with Gasteiger partial charge in [-0.15, -0.1) is 0 Å². The van der Waals surface area contributed by atoms with Crippen LogP contribution >= 0.6 is 7.60 Å². The van der Waals surface area contributed by atoms with E-state index in [0.29, 0.717) is 0 Å². The molecule has 1 aromatic carbocycles. The minimum Gasteiger partial charge on any atom is -0.480 e. The normalized spacial score (nSPS) is 12.8. The highest BCUT2D eigenvalue weighted by Gasteiger charge is 2.37. The van der Waals surface area contributed by atoms with Crippen molar-refractivity contribution in [3.63, 3.8) is 0 Å². The molecule has 0 aliphatic rings. The summed E-state index contributed by atoms with van der Waals surface area (Å²) in [5, 5.41) is 10.4. The average molecular weight is 273 g/mol. The number of amides is 1. The molecule has 1 rings (SSSR count). The highest BCUT2D eigenvalue weighted by Crippen LogP contribution is 2.51. The molecular formula is C10H12NO6P. The van der Waals surface area contributed by atoms with Gasteiger partial charge in [0.15, 0.2) is 5.66 Å². The van der Waals surface area contributed by atoms with Crippen molar-refractivity contribution in [2.45, 2.75) is 5.66 Å². The Morgan fingerprint density at radius 2 is 1.78 bits per heavy atom. The third-order valence-electron chi connectivity index (χ3n) is 2.11. The van der Waals surface area contributed by atoms with Gasteiger partial charge in [0.05, 0.1) is 0 Å². The van der Waals surface area contributed by atoms with Crippen molar-refractivity contribution < 1.29 is 29.0 Å². The van der Waals surface area contributed by atoms with Gasteiger partial charge in [0, 0.05) is 0 Å². The molecule has 0 aliphatic heterocycles. The van der Waals surface area contributed by atoms with Crippen molar-refractivity contribution in [1.29, 1.82) is 0 Å². The molecule has 0 saturated heterocycles. The molecule has 4 N–H and O–H groups in total. The number of hydrogen-bond acceptors (Lipinski definition) is 3. The third-order valence-corrected chi connectivity index (χ3v) is 3.32. The van der Waals surface area contributed by atoms with E-state index < -0.39 is 31.7 Å². The Bertz CT molecular complexity index is 482. The molecule has 98 valence electrons. The van der Waals surface area contributed by atoms with Gasteiger partial charge in [0.2, 0.25) is 5.91 Å². The maximum absolute atomic E-state index is 11.6. The summed E-state index contributed by atoms with van der Waals surface area (Å²) in [6, 6.07) is 7.48. The molecule has 0 aromatic heterocycles. The molecule has 0 radical (unpaired) electrons. The fourth-order valence-corrected chi connectivity index (χ4v) is 2.35. The summed E-state index contributed by atoms with van der Waals surface area (Å²) >= 11 is 0. The average Bonchev–Trinajstić information content (AvgIpc) is 2.26. The molecule has 0 bridgehead atoms. The van der Waals surface area contributed by atoms with E-state index >= 15 is 0 Å². The molecule has 0 aliphatic carbocycles. The van der Waals surface area contributed by atoms with Gasteiger partial charge in [-0.2, -0.15) is 0 Å². The van der Waals surface area contributed by atoms with Gasteiger partial charge in [-0.1, -0.05) is 30.3 Å². The van der Waals surface area contributed by atoms with Crippen LogP contribution in [-0.2, 0) is 14.2 Å². The van der Waals surface area contributed by atoms with Gasteiger partial charge in [-0.3, -0.25) is 14.2 Å². The van der Waals surface area contributed by atoms with Crippen LogP contribution in [0.4, 0.5) is 0 Å². The van der Waals surface area contributed by atoms with E-state index in [1.807, 2.05) is 5.32 Å². The standard InChI is InChI=1S/C10H12NO6P/c12-8(13)6-11-10(14)9(18(15,16)17)7-4-2-1-3-5-7/h1-5,9H,6H2,(H,11,14)(H,12,13)(H2,15,16,17).